The number of carboxylic acids is 1. The van der Waals surface area contributed by atoms with Crippen LogP contribution in [-0.2, 0) is 16.0 Å². The molecule has 9 heteroatoms. The lowest BCUT2D eigenvalue weighted by Gasteiger charge is -2.18. The lowest BCUT2D eigenvalue weighted by Crippen LogP contribution is -2.38. The zero-order chi connectivity index (χ0) is 15.4. The van der Waals surface area contributed by atoms with Crippen LogP contribution in [0, 0.1) is 0 Å². The number of rotatable bonds is 5. The summed E-state index contributed by atoms with van der Waals surface area (Å²) in [7, 11) is 1.51. The average Bonchev–Trinajstić information content (AvgIpc) is 2.91. The van der Waals surface area contributed by atoms with Crippen LogP contribution in [0.3, 0.4) is 0 Å². The van der Waals surface area contributed by atoms with E-state index < -0.39 is 5.97 Å². The van der Waals surface area contributed by atoms with Crippen LogP contribution >= 0.6 is 11.3 Å². The second-order valence-electron chi connectivity index (χ2n) is 4.40. The van der Waals surface area contributed by atoms with Crippen molar-refractivity contribution in [1.82, 2.24) is 15.3 Å². The number of hydrogen-bond donors (Lipinski definition) is 2. The normalized spacial score (nSPS) is 14.8. The van der Waals surface area contributed by atoms with Crippen molar-refractivity contribution in [2.45, 2.75) is 19.3 Å². The highest BCUT2D eigenvalue weighted by atomic mass is 32.1. The molecule has 2 N–H and O–H groups in total. The van der Waals surface area contributed by atoms with Crippen LogP contribution in [0.15, 0.2) is 10.5 Å². The lowest BCUT2D eigenvalue weighted by atomic mass is 10.1. The molecule has 0 fully saturated rings. The van der Waals surface area contributed by atoms with Gasteiger partial charge >= 0.3 is 5.97 Å². The molecule has 1 aliphatic heterocycles. The molecule has 2 rings (SSSR count). The minimum absolute atomic E-state index is 0.0121. The van der Waals surface area contributed by atoms with E-state index in [1.807, 2.05) is 0 Å². The van der Waals surface area contributed by atoms with E-state index in [2.05, 4.69) is 15.4 Å². The number of hydrazone groups is 1. The third-order valence-electron chi connectivity index (χ3n) is 2.86. The van der Waals surface area contributed by atoms with Crippen molar-refractivity contribution >= 4 is 34.8 Å². The predicted molar refractivity (Wildman–Crippen MR) is 75.2 cm³/mol. The Kier molecular flexibility index (Phi) is 4.63. The summed E-state index contributed by atoms with van der Waals surface area (Å²) in [5.74, 6) is -1.49. The van der Waals surface area contributed by atoms with E-state index in [1.54, 1.807) is 0 Å². The van der Waals surface area contributed by atoms with Crippen LogP contribution < -0.4 is 5.32 Å². The molecular formula is C12H14N4O4S. The summed E-state index contributed by atoms with van der Waals surface area (Å²) < 4.78 is 0. The molecule has 8 nitrogen and oxygen atoms in total. The van der Waals surface area contributed by atoms with Crippen molar-refractivity contribution in [3.63, 3.8) is 0 Å². The number of aromatic carboxylic acids is 1. The molecule has 1 aliphatic rings. The van der Waals surface area contributed by atoms with Crippen LogP contribution in [0.4, 0.5) is 0 Å². The van der Waals surface area contributed by atoms with Crippen LogP contribution in [-0.4, -0.2) is 52.2 Å². The topological polar surface area (TPSA) is 112 Å². The van der Waals surface area contributed by atoms with Crippen molar-refractivity contribution < 1.29 is 19.5 Å². The summed E-state index contributed by atoms with van der Waals surface area (Å²) in [6.07, 6.45) is 1.05. The highest BCUT2D eigenvalue weighted by Gasteiger charge is 2.21. The van der Waals surface area contributed by atoms with E-state index in [9.17, 15) is 14.4 Å². The van der Waals surface area contributed by atoms with Gasteiger partial charge in [0.05, 0.1) is 5.01 Å². The molecule has 1 aromatic heterocycles. The van der Waals surface area contributed by atoms with Crippen molar-refractivity contribution in [2.75, 3.05) is 13.6 Å². The maximum atomic E-state index is 11.9. The summed E-state index contributed by atoms with van der Waals surface area (Å²) in [5.41, 5.74) is 0.334. The largest absolute Gasteiger partial charge is 0.476 e. The number of thiazole rings is 1. The van der Waals surface area contributed by atoms with Crippen molar-refractivity contribution in [1.29, 1.82) is 0 Å². The maximum absolute atomic E-state index is 11.9. The molecule has 2 heterocycles. The van der Waals surface area contributed by atoms with Crippen molar-refractivity contribution in [2.24, 2.45) is 5.10 Å². The lowest BCUT2D eigenvalue weighted by molar-refractivity contribution is -0.130. The molecule has 0 spiro atoms. The molecule has 0 atom stereocenters. The van der Waals surface area contributed by atoms with Crippen LogP contribution in [0.1, 0.15) is 28.3 Å². The Morgan fingerprint density at radius 3 is 2.86 bits per heavy atom. The summed E-state index contributed by atoms with van der Waals surface area (Å²) in [5, 5.41) is 18.6. The smallest absolute Gasteiger partial charge is 0.355 e. The quantitative estimate of drug-likeness (QED) is 0.801. The molecule has 0 aromatic carbocycles. The van der Waals surface area contributed by atoms with Gasteiger partial charge in [0, 0.05) is 38.2 Å². The summed E-state index contributed by atoms with van der Waals surface area (Å²) in [6, 6.07) is 0. The van der Waals surface area contributed by atoms with Gasteiger partial charge in [-0.15, -0.1) is 11.3 Å². The molecular weight excluding hydrogens is 296 g/mol. The van der Waals surface area contributed by atoms with Crippen LogP contribution in [0.25, 0.3) is 0 Å². The number of nitrogens with one attached hydrogen (secondary N) is 1. The monoisotopic (exact) mass is 310 g/mol. The number of carbonyl (C=O) groups excluding carboxylic acids is 2. The van der Waals surface area contributed by atoms with Gasteiger partial charge in [0.15, 0.2) is 5.69 Å². The standard InChI is InChI=1S/C12H14N4O4S/c1-16-10(17)3-2-7(15-16)11(18)13-5-4-9-14-8(6-21-9)12(19)20/h6H,2-5H2,1H3,(H,13,18)(H,19,20). The first-order valence-corrected chi connectivity index (χ1v) is 7.15. The zero-order valence-corrected chi connectivity index (χ0v) is 12.1. The van der Waals surface area contributed by atoms with Crippen LogP contribution in [0.2, 0.25) is 0 Å². The fraction of sp³-hybridized carbons (Fsp3) is 0.417. The molecule has 0 unspecified atom stereocenters. The highest BCUT2D eigenvalue weighted by molar-refractivity contribution is 7.09. The number of nitrogens with zero attached hydrogens (tertiary/aromatic N) is 3. The second-order valence-corrected chi connectivity index (χ2v) is 5.34. The van der Waals surface area contributed by atoms with Gasteiger partial charge < -0.3 is 10.4 Å². The Balaban J connectivity index is 1.83. The number of carbonyl (C=O) groups is 3. The van der Waals surface area contributed by atoms with E-state index in [4.69, 9.17) is 5.11 Å². The predicted octanol–water partition coefficient (Wildman–Crippen LogP) is 0.108. The molecule has 112 valence electrons. The van der Waals surface area contributed by atoms with Gasteiger partial charge in [0.25, 0.3) is 5.91 Å². The fourth-order valence-electron chi connectivity index (χ4n) is 1.74. The highest BCUT2D eigenvalue weighted by Crippen LogP contribution is 2.10. The van der Waals surface area contributed by atoms with Gasteiger partial charge in [-0.1, -0.05) is 0 Å². The second kappa shape index (κ2) is 6.44. The number of carboxylic acid groups (broad SMARTS) is 1. The third kappa shape index (κ3) is 3.85. The maximum Gasteiger partial charge on any atom is 0.355 e. The molecule has 1 aromatic rings. The molecule has 0 radical (unpaired) electrons. The Bertz CT molecular complexity index is 610. The molecule has 0 saturated carbocycles. The van der Waals surface area contributed by atoms with Gasteiger partial charge in [-0.05, 0) is 0 Å². The van der Waals surface area contributed by atoms with Crippen molar-refractivity contribution in [3.8, 4) is 0 Å². The number of amides is 2. The first-order chi connectivity index (χ1) is 9.97. The van der Waals surface area contributed by atoms with E-state index >= 15 is 0 Å². The zero-order valence-electron chi connectivity index (χ0n) is 11.3. The van der Waals surface area contributed by atoms with Gasteiger partial charge in [-0.25, -0.2) is 14.8 Å². The summed E-state index contributed by atoms with van der Waals surface area (Å²) in [4.78, 5) is 37.7. The minimum atomic E-state index is -1.06. The Morgan fingerprint density at radius 2 is 2.24 bits per heavy atom. The van der Waals surface area contributed by atoms with Crippen molar-refractivity contribution in [3.05, 3.63) is 16.1 Å². The molecule has 21 heavy (non-hydrogen) atoms. The SMILES string of the molecule is CN1N=C(C(=O)NCCc2nc(C(=O)O)cs2)CCC1=O. The molecule has 2 amide bonds. The van der Waals surface area contributed by atoms with E-state index in [1.165, 1.54) is 28.8 Å². The van der Waals surface area contributed by atoms with Gasteiger partial charge in [0.1, 0.15) is 5.71 Å². The van der Waals surface area contributed by atoms with E-state index in [0.29, 0.717) is 30.1 Å². The minimum Gasteiger partial charge on any atom is -0.476 e. The summed E-state index contributed by atoms with van der Waals surface area (Å²) in [6.45, 7) is 0.335. The molecule has 0 aliphatic carbocycles. The van der Waals surface area contributed by atoms with Crippen LogP contribution in [0.5, 0.6) is 0 Å². The molecule has 0 bridgehead atoms. The third-order valence-corrected chi connectivity index (χ3v) is 3.77. The van der Waals surface area contributed by atoms with E-state index in [0.717, 1.165) is 0 Å². The number of hydrogen-bond acceptors (Lipinski definition) is 6. The first kappa shape index (κ1) is 15.1. The Morgan fingerprint density at radius 1 is 1.48 bits per heavy atom. The molecule has 0 saturated heterocycles. The number of aromatic nitrogens is 1. The first-order valence-electron chi connectivity index (χ1n) is 6.27. The summed E-state index contributed by atoms with van der Waals surface area (Å²) >= 11 is 1.24. The van der Waals surface area contributed by atoms with Gasteiger partial charge in [-0.2, -0.15) is 5.10 Å². The fourth-order valence-corrected chi connectivity index (χ4v) is 2.51. The van der Waals surface area contributed by atoms with Gasteiger partial charge in [0.2, 0.25) is 5.91 Å². The average molecular weight is 310 g/mol. The van der Waals surface area contributed by atoms with E-state index in [-0.39, 0.29) is 23.9 Å². The Labute approximate surface area is 124 Å². The Hall–Kier alpha value is -2.29. The van der Waals surface area contributed by atoms with Gasteiger partial charge in [-0.3, -0.25) is 9.59 Å².